The largest absolute Gasteiger partial charge is 0.511 e. The summed E-state index contributed by atoms with van der Waals surface area (Å²) in [7, 11) is 0. The molecular formula is C27H38O3. The van der Waals surface area contributed by atoms with Gasteiger partial charge in [-0.2, -0.15) is 0 Å². The third kappa shape index (κ3) is 6.10. The van der Waals surface area contributed by atoms with Crippen LogP contribution < -0.4 is 4.74 Å². The van der Waals surface area contributed by atoms with Gasteiger partial charge in [-0.25, -0.2) is 4.79 Å². The third-order valence-corrected chi connectivity index (χ3v) is 5.68. The molecule has 0 atom stereocenters. The van der Waals surface area contributed by atoms with E-state index >= 15 is 0 Å². The van der Waals surface area contributed by atoms with Gasteiger partial charge in [0.05, 0.1) is 0 Å². The third-order valence-electron chi connectivity index (χ3n) is 5.68. The second-order valence-electron chi connectivity index (χ2n) is 8.09. The van der Waals surface area contributed by atoms with Crippen LogP contribution in [-0.4, -0.2) is 11.3 Å². The number of benzene rings is 2. The van der Waals surface area contributed by atoms with E-state index in [9.17, 15) is 9.90 Å². The SMILES string of the molecule is CCCCCc1ccccc1-c1cc(OC(=O)O)c(CCC)c(CCC)c1CCC. The van der Waals surface area contributed by atoms with Crippen molar-refractivity contribution in [3.8, 4) is 16.9 Å². The van der Waals surface area contributed by atoms with Crippen molar-refractivity contribution in [3.05, 3.63) is 52.6 Å². The first kappa shape index (κ1) is 24.0. The van der Waals surface area contributed by atoms with E-state index in [0.717, 1.165) is 56.1 Å². The van der Waals surface area contributed by atoms with Gasteiger partial charge in [0.25, 0.3) is 0 Å². The van der Waals surface area contributed by atoms with E-state index in [-0.39, 0.29) is 0 Å². The van der Waals surface area contributed by atoms with Crippen molar-refractivity contribution in [2.75, 3.05) is 0 Å². The van der Waals surface area contributed by atoms with Crippen LogP contribution in [0.2, 0.25) is 0 Å². The van der Waals surface area contributed by atoms with Crippen molar-refractivity contribution in [1.82, 2.24) is 0 Å². The molecule has 0 aliphatic carbocycles. The van der Waals surface area contributed by atoms with E-state index in [4.69, 9.17) is 4.74 Å². The Hall–Kier alpha value is -2.29. The number of rotatable bonds is 12. The summed E-state index contributed by atoms with van der Waals surface area (Å²) in [5.41, 5.74) is 7.49. The van der Waals surface area contributed by atoms with Crippen molar-refractivity contribution < 1.29 is 14.6 Å². The monoisotopic (exact) mass is 410 g/mol. The van der Waals surface area contributed by atoms with Gasteiger partial charge < -0.3 is 9.84 Å². The fraction of sp³-hybridized carbons (Fsp3) is 0.519. The average molecular weight is 411 g/mol. The highest BCUT2D eigenvalue weighted by molar-refractivity contribution is 5.76. The van der Waals surface area contributed by atoms with Crippen molar-refractivity contribution >= 4 is 6.16 Å². The van der Waals surface area contributed by atoms with Crippen molar-refractivity contribution in [2.45, 2.75) is 91.9 Å². The molecule has 3 heteroatoms. The van der Waals surface area contributed by atoms with Gasteiger partial charge in [-0.1, -0.05) is 84.1 Å². The van der Waals surface area contributed by atoms with Gasteiger partial charge in [-0.3, -0.25) is 0 Å². The van der Waals surface area contributed by atoms with Crippen LogP contribution in [0.15, 0.2) is 30.3 Å². The molecule has 2 aromatic carbocycles. The number of aryl methyl sites for hydroxylation is 1. The predicted octanol–water partition coefficient (Wildman–Crippen LogP) is 8.00. The molecule has 0 fully saturated rings. The predicted molar refractivity (Wildman–Crippen MR) is 126 cm³/mol. The van der Waals surface area contributed by atoms with Gasteiger partial charge in [0.1, 0.15) is 5.75 Å². The molecule has 0 aromatic heterocycles. The Bertz CT molecular complexity index is 823. The molecule has 30 heavy (non-hydrogen) atoms. The molecule has 3 nitrogen and oxygen atoms in total. The average Bonchev–Trinajstić information content (AvgIpc) is 2.72. The van der Waals surface area contributed by atoms with Gasteiger partial charge in [0, 0.05) is 0 Å². The lowest BCUT2D eigenvalue weighted by atomic mass is 9.84. The standard InChI is InChI=1S/C27H38O3/c1-5-9-10-16-20-17-11-12-18-21(20)25-19-26(30-27(28)29)24(15-8-4)22(13-6-2)23(25)14-7-3/h11-12,17-19H,5-10,13-16H2,1-4H3,(H,28,29). The molecule has 2 aromatic rings. The summed E-state index contributed by atoms with van der Waals surface area (Å²) >= 11 is 0. The zero-order valence-corrected chi connectivity index (χ0v) is 19.2. The van der Waals surface area contributed by atoms with Gasteiger partial charge in [0.15, 0.2) is 0 Å². The maximum atomic E-state index is 11.5. The number of carbonyl (C=O) groups is 1. The molecule has 0 unspecified atom stereocenters. The number of carboxylic acid groups (broad SMARTS) is 1. The molecular weight excluding hydrogens is 372 g/mol. The summed E-state index contributed by atoms with van der Waals surface area (Å²) in [5, 5.41) is 9.39. The van der Waals surface area contributed by atoms with Crippen LogP contribution in [0, 0.1) is 0 Å². The number of hydrogen-bond acceptors (Lipinski definition) is 2. The normalized spacial score (nSPS) is 10.9. The van der Waals surface area contributed by atoms with Gasteiger partial charge in [-0.15, -0.1) is 0 Å². The fourth-order valence-corrected chi connectivity index (χ4v) is 4.40. The summed E-state index contributed by atoms with van der Waals surface area (Å²) in [6.07, 6.45) is 9.25. The van der Waals surface area contributed by atoms with Crippen LogP contribution >= 0.6 is 0 Å². The summed E-state index contributed by atoms with van der Waals surface area (Å²) < 4.78 is 5.34. The van der Waals surface area contributed by atoms with Gasteiger partial charge in [-0.05, 0) is 71.6 Å². The van der Waals surface area contributed by atoms with E-state index in [2.05, 4.69) is 52.0 Å². The molecule has 0 spiro atoms. The van der Waals surface area contributed by atoms with E-state index in [1.54, 1.807) is 0 Å². The Morgan fingerprint density at radius 2 is 1.40 bits per heavy atom. The molecule has 164 valence electrons. The summed E-state index contributed by atoms with van der Waals surface area (Å²) in [6, 6.07) is 10.6. The van der Waals surface area contributed by atoms with E-state index in [1.165, 1.54) is 41.5 Å². The van der Waals surface area contributed by atoms with Gasteiger partial charge in [0.2, 0.25) is 0 Å². The van der Waals surface area contributed by atoms with Crippen LogP contribution in [0.3, 0.4) is 0 Å². The minimum absolute atomic E-state index is 0.519. The Morgan fingerprint density at radius 1 is 0.767 bits per heavy atom. The molecule has 0 heterocycles. The van der Waals surface area contributed by atoms with Crippen LogP contribution in [0.1, 0.15) is 88.5 Å². The highest BCUT2D eigenvalue weighted by Gasteiger charge is 2.21. The minimum atomic E-state index is -1.24. The van der Waals surface area contributed by atoms with Crippen molar-refractivity contribution in [2.24, 2.45) is 0 Å². The highest BCUT2D eigenvalue weighted by atomic mass is 16.7. The minimum Gasteiger partial charge on any atom is -0.449 e. The fourth-order valence-electron chi connectivity index (χ4n) is 4.40. The van der Waals surface area contributed by atoms with Crippen molar-refractivity contribution in [1.29, 1.82) is 0 Å². The van der Waals surface area contributed by atoms with Gasteiger partial charge >= 0.3 is 6.16 Å². The molecule has 0 saturated heterocycles. The molecule has 0 bridgehead atoms. The van der Waals surface area contributed by atoms with E-state index in [1.807, 2.05) is 6.07 Å². The first-order valence-electron chi connectivity index (χ1n) is 11.7. The Labute approximate surface area is 182 Å². The van der Waals surface area contributed by atoms with Crippen molar-refractivity contribution in [3.63, 3.8) is 0 Å². The van der Waals surface area contributed by atoms with Crippen LogP contribution in [-0.2, 0) is 25.7 Å². The second-order valence-corrected chi connectivity index (χ2v) is 8.09. The Kier molecular flexibility index (Phi) is 9.93. The van der Waals surface area contributed by atoms with Crippen LogP contribution in [0.25, 0.3) is 11.1 Å². The zero-order valence-electron chi connectivity index (χ0n) is 19.2. The number of ether oxygens (including phenoxy) is 1. The lowest BCUT2D eigenvalue weighted by Gasteiger charge is -2.23. The Morgan fingerprint density at radius 3 is 2.03 bits per heavy atom. The van der Waals surface area contributed by atoms with Crippen LogP contribution in [0.4, 0.5) is 4.79 Å². The number of hydrogen-bond donors (Lipinski definition) is 1. The smallest absolute Gasteiger partial charge is 0.449 e. The second kappa shape index (κ2) is 12.4. The number of unbranched alkanes of at least 4 members (excludes halogenated alkanes) is 2. The topological polar surface area (TPSA) is 46.5 Å². The maximum Gasteiger partial charge on any atom is 0.511 e. The highest BCUT2D eigenvalue weighted by Crippen LogP contribution is 2.39. The zero-order chi connectivity index (χ0) is 21.9. The molecule has 1 N–H and O–H groups in total. The quantitative estimate of drug-likeness (QED) is 0.219. The first-order valence-corrected chi connectivity index (χ1v) is 11.7. The molecule has 0 aliphatic rings. The lowest BCUT2D eigenvalue weighted by Crippen LogP contribution is -2.11. The van der Waals surface area contributed by atoms with E-state index < -0.39 is 6.16 Å². The molecule has 2 rings (SSSR count). The summed E-state index contributed by atoms with van der Waals surface area (Å²) in [4.78, 5) is 11.5. The lowest BCUT2D eigenvalue weighted by molar-refractivity contribution is 0.144. The summed E-state index contributed by atoms with van der Waals surface area (Å²) in [5.74, 6) is 0.519. The molecule has 0 amide bonds. The molecule has 0 radical (unpaired) electrons. The molecule has 0 saturated carbocycles. The molecule has 0 aliphatic heterocycles. The van der Waals surface area contributed by atoms with E-state index in [0.29, 0.717) is 5.75 Å². The first-order chi connectivity index (χ1) is 14.6. The Balaban J connectivity index is 2.74. The van der Waals surface area contributed by atoms with Crippen LogP contribution in [0.5, 0.6) is 5.75 Å². The maximum absolute atomic E-state index is 11.5. The summed E-state index contributed by atoms with van der Waals surface area (Å²) in [6.45, 7) is 8.77.